The third kappa shape index (κ3) is 3.77. The number of halogens is 2. The molecule has 3 rings (SSSR count). The first-order valence-corrected chi connectivity index (χ1v) is 9.73. The number of rotatable bonds is 6. The molecule has 0 radical (unpaired) electrons. The maximum Gasteiger partial charge on any atom is 0.325 e. The van der Waals surface area contributed by atoms with Crippen molar-refractivity contribution in [2.24, 2.45) is 0 Å². The van der Waals surface area contributed by atoms with Crippen LogP contribution in [-0.4, -0.2) is 29.2 Å². The second-order valence-electron chi connectivity index (χ2n) is 6.95. The Kier molecular flexibility index (Phi) is 5.77. The third-order valence-corrected chi connectivity index (χ3v) is 5.63. The van der Waals surface area contributed by atoms with Crippen molar-refractivity contribution in [3.63, 3.8) is 0 Å². The topological polar surface area (TPSA) is 66.5 Å². The van der Waals surface area contributed by atoms with E-state index in [4.69, 9.17) is 23.2 Å². The zero-order valence-corrected chi connectivity index (χ0v) is 17.1. The molecule has 1 atom stereocenters. The zero-order chi connectivity index (χ0) is 20.5. The molecule has 5 nitrogen and oxygen atoms in total. The Bertz CT molecular complexity index is 943. The molecule has 1 saturated heterocycles. The quantitative estimate of drug-likeness (QED) is 0.550. The van der Waals surface area contributed by atoms with E-state index in [1.165, 1.54) is 23.8 Å². The number of benzene rings is 2. The lowest BCUT2D eigenvalue weighted by Crippen LogP contribution is -2.41. The van der Waals surface area contributed by atoms with Gasteiger partial charge < -0.3 is 5.32 Å². The number of urea groups is 1. The number of ketones is 1. The highest BCUT2D eigenvalue weighted by Gasteiger charge is 2.49. The minimum Gasteiger partial charge on any atom is -0.319 e. The molecule has 2 aromatic rings. The lowest BCUT2D eigenvalue weighted by Gasteiger charge is -2.22. The van der Waals surface area contributed by atoms with Crippen molar-refractivity contribution in [2.45, 2.75) is 32.2 Å². The van der Waals surface area contributed by atoms with E-state index in [2.05, 4.69) is 12.2 Å². The van der Waals surface area contributed by atoms with Crippen LogP contribution in [0.15, 0.2) is 42.5 Å². The summed E-state index contributed by atoms with van der Waals surface area (Å²) in [5.74, 6) is -0.862. The van der Waals surface area contributed by atoms with Crippen molar-refractivity contribution in [2.75, 3.05) is 6.54 Å². The van der Waals surface area contributed by atoms with Crippen LogP contribution in [0, 0.1) is 0 Å². The number of amides is 3. The Hall–Kier alpha value is -2.37. The molecule has 1 fully saturated rings. The smallest absolute Gasteiger partial charge is 0.319 e. The van der Waals surface area contributed by atoms with Gasteiger partial charge in [0.15, 0.2) is 5.78 Å². The Morgan fingerprint density at radius 1 is 1.07 bits per heavy atom. The summed E-state index contributed by atoms with van der Waals surface area (Å²) in [4.78, 5) is 38.9. The average Bonchev–Trinajstić information content (AvgIpc) is 2.88. The first kappa shape index (κ1) is 20.4. The van der Waals surface area contributed by atoms with Gasteiger partial charge in [0.25, 0.3) is 5.91 Å². The van der Waals surface area contributed by atoms with Crippen LogP contribution in [0.25, 0.3) is 0 Å². The maximum atomic E-state index is 13.0. The third-order valence-electron chi connectivity index (χ3n) is 4.89. The van der Waals surface area contributed by atoms with Gasteiger partial charge in [-0.3, -0.25) is 14.5 Å². The van der Waals surface area contributed by atoms with Crippen LogP contribution in [0.2, 0.25) is 10.0 Å². The number of imide groups is 1. The van der Waals surface area contributed by atoms with Crippen LogP contribution in [-0.2, 0) is 16.8 Å². The molecule has 1 aliphatic heterocycles. The largest absolute Gasteiger partial charge is 0.325 e. The van der Waals surface area contributed by atoms with E-state index in [0.717, 1.165) is 17.7 Å². The minimum atomic E-state index is -1.21. The molecule has 1 unspecified atom stereocenters. The van der Waals surface area contributed by atoms with Crippen molar-refractivity contribution in [1.82, 2.24) is 10.2 Å². The Morgan fingerprint density at radius 2 is 1.75 bits per heavy atom. The monoisotopic (exact) mass is 418 g/mol. The van der Waals surface area contributed by atoms with Gasteiger partial charge in [-0.1, -0.05) is 60.8 Å². The summed E-state index contributed by atoms with van der Waals surface area (Å²) in [6.45, 7) is 3.37. The Labute approximate surface area is 173 Å². The molecule has 2 aromatic carbocycles. The number of Topliss-reactive ketones (excluding diaryl/α,β-unsaturated/α-hetero) is 1. The van der Waals surface area contributed by atoms with Crippen molar-refractivity contribution in [3.8, 4) is 0 Å². The molecule has 0 spiro atoms. The molecular formula is C21H20Cl2N2O3. The van der Waals surface area contributed by atoms with Gasteiger partial charge in [0.05, 0.1) is 16.6 Å². The highest BCUT2D eigenvalue weighted by molar-refractivity contribution is 6.42. The van der Waals surface area contributed by atoms with E-state index in [1.807, 2.05) is 24.3 Å². The molecule has 1 heterocycles. The van der Waals surface area contributed by atoms with Crippen LogP contribution >= 0.6 is 23.2 Å². The Balaban J connectivity index is 1.80. The van der Waals surface area contributed by atoms with Gasteiger partial charge in [-0.15, -0.1) is 0 Å². The first-order chi connectivity index (χ1) is 13.3. The second kappa shape index (κ2) is 7.94. The number of carbonyl (C=O) groups excluding carboxylic acids is 3. The lowest BCUT2D eigenvalue weighted by atomic mass is 9.91. The summed E-state index contributed by atoms with van der Waals surface area (Å²) in [5, 5.41) is 3.28. The highest BCUT2D eigenvalue weighted by atomic mass is 35.5. The molecule has 0 saturated carbocycles. The fourth-order valence-electron chi connectivity index (χ4n) is 3.23. The summed E-state index contributed by atoms with van der Waals surface area (Å²) in [6, 6.07) is 11.4. The first-order valence-electron chi connectivity index (χ1n) is 8.98. The van der Waals surface area contributed by atoms with Gasteiger partial charge in [0.1, 0.15) is 5.54 Å². The van der Waals surface area contributed by atoms with E-state index >= 15 is 0 Å². The summed E-state index contributed by atoms with van der Waals surface area (Å²) in [5.41, 5.74) is 0.917. The van der Waals surface area contributed by atoms with Crippen molar-refractivity contribution in [1.29, 1.82) is 0 Å². The molecule has 0 aromatic heterocycles. The number of hydrogen-bond acceptors (Lipinski definition) is 3. The van der Waals surface area contributed by atoms with Crippen LogP contribution in [0.4, 0.5) is 4.79 Å². The molecule has 0 aliphatic carbocycles. The van der Waals surface area contributed by atoms with Crippen LogP contribution < -0.4 is 5.32 Å². The predicted octanol–water partition coefficient (Wildman–Crippen LogP) is 4.60. The number of nitrogens with one attached hydrogen (secondary N) is 1. The fraction of sp³-hybridized carbons (Fsp3) is 0.286. The SMILES string of the molecule is CCCc1ccc(C2(C)NC(=O)N(CC(=O)c3ccc(Cl)c(Cl)c3)C2=O)cc1. The predicted molar refractivity (Wildman–Crippen MR) is 109 cm³/mol. The average molecular weight is 419 g/mol. The lowest BCUT2D eigenvalue weighted by molar-refractivity contribution is -0.130. The van der Waals surface area contributed by atoms with Crippen LogP contribution in [0.3, 0.4) is 0 Å². The summed E-state index contributed by atoms with van der Waals surface area (Å²) >= 11 is 11.8. The van der Waals surface area contributed by atoms with Gasteiger partial charge in [0, 0.05) is 5.56 Å². The molecule has 3 amide bonds. The van der Waals surface area contributed by atoms with E-state index in [9.17, 15) is 14.4 Å². The van der Waals surface area contributed by atoms with Gasteiger partial charge >= 0.3 is 6.03 Å². The molecule has 7 heteroatoms. The van der Waals surface area contributed by atoms with E-state index < -0.39 is 23.3 Å². The summed E-state index contributed by atoms with van der Waals surface area (Å²) in [7, 11) is 0. The number of nitrogens with zero attached hydrogens (tertiary/aromatic N) is 1. The second-order valence-corrected chi connectivity index (χ2v) is 7.76. The van der Waals surface area contributed by atoms with Crippen molar-refractivity contribution < 1.29 is 14.4 Å². The van der Waals surface area contributed by atoms with Gasteiger partial charge in [-0.25, -0.2) is 4.79 Å². The molecule has 0 bridgehead atoms. The number of aryl methyl sites for hydroxylation is 1. The number of hydrogen-bond donors (Lipinski definition) is 1. The maximum absolute atomic E-state index is 13.0. The molecule has 1 aliphatic rings. The number of carbonyl (C=O) groups is 3. The van der Waals surface area contributed by atoms with E-state index in [1.54, 1.807) is 6.92 Å². The van der Waals surface area contributed by atoms with Gasteiger partial charge in [-0.05, 0) is 42.7 Å². The molecule has 146 valence electrons. The molecular weight excluding hydrogens is 399 g/mol. The normalized spacial score (nSPS) is 19.1. The highest BCUT2D eigenvalue weighted by Crippen LogP contribution is 2.30. The minimum absolute atomic E-state index is 0.238. The van der Waals surface area contributed by atoms with Gasteiger partial charge in [0.2, 0.25) is 0 Å². The Morgan fingerprint density at radius 3 is 2.36 bits per heavy atom. The van der Waals surface area contributed by atoms with Crippen LogP contribution in [0.1, 0.15) is 41.8 Å². The van der Waals surface area contributed by atoms with Crippen molar-refractivity contribution >= 4 is 40.9 Å². The fourth-order valence-corrected chi connectivity index (χ4v) is 3.53. The van der Waals surface area contributed by atoms with E-state index in [0.29, 0.717) is 10.6 Å². The van der Waals surface area contributed by atoms with E-state index in [-0.39, 0.29) is 17.1 Å². The zero-order valence-electron chi connectivity index (χ0n) is 15.6. The van der Waals surface area contributed by atoms with Crippen molar-refractivity contribution in [3.05, 3.63) is 69.2 Å². The summed E-state index contributed by atoms with van der Waals surface area (Å²) in [6.07, 6.45) is 1.97. The standard InChI is InChI=1S/C21H20Cl2N2O3/c1-3-4-13-5-8-15(9-6-13)21(2)19(27)25(20(28)24-21)12-18(26)14-7-10-16(22)17(23)11-14/h5-11H,3-4,12H2,1-2H3,(H,24,28). The summed E-state index contributed by atoms with van der Waals surface area (Å²) < 4.78 is 0. The van der Waals surface area contributed by atoms with Gasteiger partial charge in [-0.2, -0.15) is 0 Å². The molecule has 28 heavy (non-hydrogen) atoms. The van der Waals surface area contributed by atoms with Crippen LogP contribution in [0.5, 0.6) is 0 Å². The molecule has 1 N–H and O–H groups in total.